The molecule has 0 N–H and O–H groups in total. The fraction of sp³-hybridized carbons (Fsp3) is 0.467. The molecule has 0 spiro atoms. The van der Waals surface area contributed by atoms with Gasteiger partial charge in [0.2, 0.25) is 0 Å². The monoisotopic (exact) mass is 462 g/mol. The van der Waals surface area contributed by atoms with Crippen molar-refractivity contribution in [3.05, 3.63) is 74.7 Å². The quantitative estimate of drug-likeness (QED) is 0.341. The predicted octanol–water partition coefficient (Wildman–Crippen LogP) is 6.91. The molecule has 0 aromatic heterocycles. The predicted molar refractivity (Wildman–Crippen MR) is 134 cm³/mol. The Morgan fingerprint density at radius 1 is 1.24 bits per heavy atom. The van der Waals surface area contributed by atoms with E-state index in [0.717, 1.165) is 71.9 Å². The molecular weight excluding hydrogens is 427 g/mol. The standard InChI is InChI=1S/C30H35FO3/c1-7-22(24-10-8-9-23-19(5)27(31)14-17(3)28(23)24)18(4)16(2)13-25-26(20(6)32)15-34-30(33)29(25)21-11-12-21/h13-14,21,29H,4,7-12,15H2,1-3,5-6H3/b16-13+,24-22-. The Morgan fingerprint density at radius 2 is 1.94 bits per heavy atom. The Morgan fingerprint density at radius 3 is 2.56 bits per heavy atom. The van der Waals surface area contributed by atoms with Gasteiger partial charge in [0.1, 0.15) is 12.4 Å². The van der Waals surface area contributed by atoms with Crippen LogP contribution in [0.3, 0.4) is 0 Å². The first-order valence-electron chi connectivity index (χ1n) is 12.4. The zero-order valence-corrected chi connectivity index (χ0v) is 21.1. The second-order valence-electron chi connectivity index (χ2n) is 10.0. The van der Waals surface area contributed by atoms with Crippen molar-refractivity contribution in [3.8, 4) is 0 Å². The number of ether oxygens (including phenoxy) is 1. The number of hydrogen-bond acceptors (Lipinski definition) is 3. The Bertz CT molecular complexity index is 1170. The molecule has 3 aliphatic rings. The first-order chi connectivity index (χ1) is 16.1. The van der Waals surface area contributed by atoms with Crippen LogP contribution in [-0.4, -0.2) is 18.4 Å². The second-order valence-corrected chi connectivity index (χ2v) is 10.0. The van der Waals surface area contributed by atoms with Crippen molar-refractivity contribution in [1.29, 1.82) is 0 Å². The maximum absolute atomic E-state index is 14.5. The molecule has 1 atom stereocenters. The number of aryl methyl sites for hydroxylation is 1. The first kappa shape index (κ1) is 24.4. The third-order valence-corrected chi connectivity index (χ3v) is 7.75. The van der Waals surface area contributed by atoms with Crippen molar-refractivity contribution in [2.75, 3.05) is 6.61 Å². The molecule has 0 radical (unpaired) electrons. The van der Waals surface area contributed by atoms with Gasteiger partial charge >= 0.3 is 5.97 Å². The Balaban J connectivity index is 1.81. The number of ketones is 1. The summed E-state index contributed by atoms with van der Waals surface area (Å²) >= 11 is 0. The van der Waals surface area contributed by atoms with E-state index in [1.165, 1.54) is 16.7 Å². The number of allylic oxidation sites excluding steroid dienone is 5. The summed E-state index contributed by atoms with van der Waals surface area (Å²) in [7, 11) is 0. The molecule has 1 unspecified atom stereocenters. The highest BCUT2D eigenvalue weighted by Crippen LogP contribution is 2.45. The van der Waals surface area contributed by atoms with Crippen LogP contribution in [0.2, 0.25) is 0 Å². The van der Waals surface area contributed by atoms with Gasteiger partial charge in [-0.15, -0.1) is 0 Å². The lowest BCUT2D eigenvalue weighted by molar-refractivity contribution is -0.148. The third-order valence-electron chi connectivity index (χ3n) is 7.75. The number of Topliss-reactive ketones (excluding diaryl/α,β-unsaturated/α-hetero) is 1. The van der Waals surface area contributed by atoms with Crippen LogP contribution in [0.25, 0.3) is 5.57 Å². The molecule has 1 aliphatic heterocycles. The van der Waals surface area contributed by atoms with Gasteiger partial charge in [-0.3, -0.25) is 9.59 Å². The summed E-state index contributed by atoms with van der Waals surface area (Å²) in [4.78, 5) is 25.0. The molecule has 4 heteroatoms. The number of esters is 1. The minimum Gasteiger partial charge on any atom is -0.460 e. The van der Waals surface area contributed by atoms with E-state index in [0.29, 0.717) is 5.57 Å². The number of benzene rings is 1. The van der Waals surface area contributed by atoms with Crippen LogP contribution in [0.4, 0.5) is 4.39 Å². The smallest absolute Gasteiger partial charge is 0.314 e. The molecule has 1 aromatic carbocycles. The molecular formula is C30H35FO3. The molecule has 0 amide bonds. The van der Waals surface area contributed by atoms with E-state index in [4.69, 9.17) is 4.74 Å². The maximum Gasteiger partial charge on any atom is 0.314 e. The number of carbonyl (C=O) groups excluding carboxylic acids is 2. The SMILES string of the molecule is C=C(/C(CC)=C1/CCCc2c(C)c(F)cc(C)c21)/C(C)=C/C1=C(C(C)=O)COC(=O)C1C1CC1. The van der Waals surface area contributed by atoms with Gasteiger partial charge in [0.25, 0.3) is 0 Å². The van der Waals surface area contributed by atoms with Gasteiger partial charge in [-0.1, -0.05) is 19.6 Å². The van der Waals surface area contributed by atoms with Crippen molar-refractivity contribution in [1.82, 2.24) is 0 Å². The molecule has 0 bridgehead atoms. The summed E-state index contributed by atoms with van der Waals surface area (Å²) in [6, 6.07) is 1.65. The Labute approximate surface area is 202 Å². The van der Waals surface area contributed by atoms with Gasteiger partial charge in [-0.05, 0) is 128 Å². The molecule has 180 valence electrons. The van der Waals surface area contributed by atoms with Gasteiger partial charge < -0.3 is 4.74 Å². The Hall–Kier alpha value is -2.75. The zero-order valence-electron chi connectivity index (χ0n) is 21.1. The topological polar surface area (TPSA) is 43.4 Å². The van der Waals surface area contributed by atoms with Crippen LogP contribution in [0, 0.1) is 31.5 Å². The molecule has 3 nitrogen and oxygen atoms in total. The molecule has 4 rings (SSSR count). The molecule has 1 saturated carbocycles. The van der Waals surface area contributed by atoms with Gasteiger partial charge in [-0.25, -0.2) is 4.39 Å². The van der Waals surface area contributed by atoms with Gasteiger partial charge in [0, 0.05) is 5.57 Å². The normalized spacial score (nSPS) is 22.4. The summed E-state index contributed by atoms with van der Waals surface area (Å²) in [6.07, 6.45) is 7.60. The van der Waals surface area contributed by atoms with E-state index in [9.17, 15) is 14.0 Å². The fourth-order valence-corrected chi connectivity index (χ4v) is 5.70. The van der Waals surface area contributed by atoms with E-state index < -0.39 is 0 Å². The van der Waals surface area contributed by atoms with Crippen LogP contribution in [0.5, 0.6) is 0 Å². The maximum atomic E-state index is 14.5. The van der Waals surface area contributed by atoms with Crippen molar-refractivity contribution in [2.45, 2.75) is 73.1 Å². The molecule has 1 heterocycles. The van der Waals surface area contributed by atoms with E-state index in [2.05, 4.69) is 13.5 Å². The molecule has 2 aliphatic carbocycles. The van der Waals surface area contributed by atoms with Crippen molar-refractivity contribution in [3.63, 3.8) is 0 Å². The lowest BCUT2D eigenvalue weighted by Gasteiger charge is -2.28. The minimum atomic E-state index is -0.364. The van der Waals surface area contributed by atoms with Gasteiger partial charge in [0.05, 0.1) is 5.92 Å². The van der Waals surface area contributed by atoms with Crippen molar-refractivity contribution < 1.29 is 18.7 Å². The number of cyclic esters (lactones) is 1. The first-order valence-corrected chi connectivity index (χ1v) is 12.4. The molecule has 0 saturated heterocycles. The summed E-state index contributed by atoms with van der Waals surface area (Å²) in [5.74, 6) is -0.517. The molecule has 1 fully saturated rings. The van der Waals surface area contributed by atoms with Gasteiger partial charge in [0.15, 0.2) is 5.78 Å². The Kier molecular flexibility index (Phi) is 6.80. The average Bonchev–Trinajstić information content (AvgIpc) is 3.62. The fourth-order valence-electron chi connectivity index (χ4n) is 5.70. The average molecular weight is 463 g/mol. The number of fused-ring (bicyclic) bond motifs is 1. The van der Waals surface area contributed by atoms with Crippen molar-refractivity contribution >= 4 is 17.3 Å². The second kappa shape index (κ2) is 9.48. The highest BCUT2D eigenvalue weighted by Gasteiger charge is 2.43. The van der Waals surface area contributed by atoms with Crippen LogP contribution in [0.1, 0.15) is 75.1 Å². The summed E-state index contributed by atoms with van der Waals surface area (Å²) in [6.45, 7) is 14.1. The lowest BCUT2D eigenvalue weighted by atomic mass is 9.77. The lowest BCUT2D eigenvalue weighted by Crippen LogP contribution is -2.30. The summed E-state index contributed by atoms with van der Waals surface area (Å²) in [5.41, 5.74) is 9.73. The van der Waals surface area contributed by atoms with Crippen molar-refractivity contribution in [2.24, 2.45) is 11.8 Å². The van der Waals surface area contributed by atoms with E-state index >= 15 is 0 Å². The summed E-state index contributed by atoms with van der Waals surface area (Å²) < 4.78 is 19.8. The largest absolute Gasteiger partial charge is 0.460 e. The number of halogens is 1. The number of hydrogen-bond donors (Lipinski definition) is 0. The van der Waals surface area contributed by atoms with Crippen LogP contribution in [0.15, 0.2) is 46.6 Å². The number of carbonyl (C=O) groups is 2. The third kappa shape index (κ3) is 4.35. The van der Waals surface area contributed by atoms with Crippen LogP contribution in [-0.2, 0) is 20.7 Å². The highest BCUT2D eigenvalue weighted by molar-refractivity contribution is 5.98. The van der Waals surface area contributed by atoms with E-state index in [1.54, 1.807) is 13.0 Å². The minimum absolute atomic E-state index is 0.0438. The van der Waals surface area contributed by atoms with E-state index in [-0.39, 0.29) is 36.0 Å². The van der Waals surface area contributed by atoms with Crippen LogP contribution < -0.4 is 0 Å². The van der Waals surface area contributed by atoms with E-state index in [1.807, 2.05) is 26.8 Å². The summed E-state index contributed by atoms with van der Waals surface area (Å²) in [5, 5.41) is 0. The molecule has 1 aromatic rings. The van der Waals surface area contributed by atoms with Crippen LogP contribution >= 0.6 is 0 Å². The zero-order chi connectivity index (χ0) is 24.7. The highest BCUT2D eigenvalue weighted by atomic mass is 19.1. The van der Waals surface area contributed by atoms with Gasteiger partial charge in [-0.2, -0.15) is 0 Å². The number of rotatable bonds is 6. The molecule has 34 heavy (non-hydrogen) atoms.